The van der Waals surface area contributed by atoms with Gasteiger partial charge in [-0.1, -0.05) is 12.0 Å². The average Bonchev–Trinajstić information content (AvgIpc) is 3.33. The van der Waals surface area contributed by atoms with Gasteiger partial charge in [-0.05, 0) is 30.5 Å². The van der Waals surface area contributed by atoms with E-state index in [2.05, 4.69) is 37.4 Å². The molecular formula is C22H21FN6O3. The number of amides is 1. The minimum atomic E-state index is -1.19. The molecule has 1 aromatic carbocycles. The summed E-state index contributed by atoms with van der Waals surface area (Å²) in [6, 6.07) is 5.33. The molecule has 0 unspecified atom stereocenters. The van der Waals surface area contributed by atoms with Crippen molar-refractivity contribution in [3.05, 3.63) is 47.8 Å². The van der Waals surface area contributed by atoms with Crippen LogP contribution >= 0.6 is 0 Å². The van der Waals surface area contributed by atoms with Gasteiger partial charge in [-0.3, -0.25) is 4.79 Å². The Morgan fingerprint density at radius 2 is 2.09 bits per heavy atom. The number of carbonyl (C=O) groups is 1. The molecule has 2 aliphatic rings. The lowest BCUT2D eigenvalue weighted by molar-refractivity contribution is -0.132. The molecule has 32 heavy (non-hydrogen) atoms. The van der Waals surface area contributed by atoms with E-state index in [1.165, 1.54) is 25.5 Å². The van der Waals surface area contributed by atoms with Gasteiger partial charge >= 0.3 is 0 Å². The van der Waals surface area contributed by atoms with Crippen LogP contribution in [0.3, 0.4) is 0 Å². The molecule has 2 aromatic heterocycles. The number of anilines is 1. The number of halogens is 1. The number of hydrogen-bond donors (Lipinski definition) is 4. The monoisotopic (exact) mass is 436 g/mol. The van der Waals surface area contributed by atoms with Gasteiger partial charge in [-0.2, -0.15) is 0 Å². The third-order valence-corrected chi connectivity index (χ3v) is 6.45. The zero-order chi connectivity index (χ0) is 22.6. The first-order chi connectivity index (χ1) is 15.4. The summed E-state index contributed by atoms with van der Waals surface area (Å²) < 4.78 is 15.1. The van der Waals surface area contributed by atoms with E-state index >= 15 is 0 Å². The quantitative estimate of drug-likeness (QED) is 0.439. The number of fused-ring (bicyclic) bond motifs is 2. The number of aliphatic hydroxyl groups excluding tert-OH is 2. The van der Waals surface area contributed by atoms with Gasteiger partial charge < -0.3 is 25.4 Å². The number of nitrogens with zero attached hydrogens (tertiary/aromatic N) is 4. The summed E-state index contributed by atoms with van der Waals surface area (Å²) in [6.45, 7) is 0. The standard InChI is InChI=1S/C22H21FN6O3/c1-24-19-15-20(28-14(27-19)7-6-11-4-3-5-12(23)8-11)29(10-26-15)16-13-9-22(13,21(32)25-2)18(31)17(16)30/h3-5,8,10,13,16-18,30-31H,9H2,1-2H3,(H,25,32)(H,24,27,28)/t13-,16-,17+,18+,22+/m1/s1. The molecule has 2 fully saturated rings. The molecule has 2 aliphatic carbocycles. The van der Waals surface area contributed by atoms with Crippen LogP contribution in [0.1, 0.15) is 23.9 Å². The van der Waals surface area contributed by atoms with E-state index in [4.69, 9.17) is 0 Å². The van der Waals surface area contributed by atoms with Crippen molar-refractivity contribution in [1.29, 1.82) is 0 Å². The number of nitrogens with one attached hydrogen (secondary N) is 2. The maximum absolute atomic E-state index is 13.4. The highest BCUT2D eigenvalue weighted by atomic mass is 19.1. The van der Waals surface area contributed by atoms with Crippen LogP contribution in [0.25, 0.3) is 11.2 Å². The van der Waals surface area contributed by atoms with Crippen LogP contribution in [0.5, 0.6) is 0 Å². The van der Waals surface area contributed by atoms with Crippen molar-refractivity contribution in [2.24, 2.45) is 11.3 Å². The Bertz CT molecular complexity index is 1300. The largest absolute Gasteiger partial charge is 0.389 e. The molecule has 0 radical (unpaired) electrons. The summed E-state index contributed by atoms with van der Waals surface area (Å²) >= 11 is 0. The number of carbonyl (C=O) groups excluding carboxylic acids is 1. The van der Waals surface area contributed by atoms with Gasteiger partial charge in [-0.25, -0.2) is 19.3 Å². The third-order valence-electron chi connectivity index (χ3n) is 6.45. The lowest BCUT2D eigenvalue weighted by atomic mass is 9.98. The van der Waals surface area contributed by atoms with Gasteiger partial charge in [0.15, 0.2) is 17.0 Å². The zero-order valence-corrected chi connectivity index (χ0v) is 17.4. The molecule has 0 saturated heterocycles. The Hall–Kier alpha value is -3.55. The van der Waals surface area contributed by atoms with Crippen LogP contribution in [-0.2, 0) is 4.79 Å². The maximum atomic E-state index is 13.4. The van der Waals surface area contributed by atoms with Crippen molar-refractivity contribution in [1.82, 2.24) is 24.8 Å². The maximum Gasteiger partial charge on any atom is 0.229 e. The number of aliphatic hydroxyl groups is 2. The summed E-state index contributed by atoms with van der Waals surface area (Å²) in [5, 5.41) is 27.0. The highest BCUT2D eigenvalue weighted by molar-refractivity contribution is 5.88. The Labute approximate surface area is 182 Å². The van der Waals surface area contributed by atoms with E-state index in [0.717, 1.165) is 0 Å². The molecule has 0 aliphatic heterocycles. The van der Waals surface area contributed by atoms with Crippen molar-refractivity contribution < 1.29 is 19.4 Å². The van der Waals surface area contributed by atoms with E-state index in [-0.39, 0.29) is 23.5 Å². The second kappa shape index (κ2) is 7.25. The molecule has 2 saturated carbocycles. The van der Waals surface area contributed by atoms with Crippen molar-refractivity contribution in [3.63, 3.8) is 0 Å². The predicted molar refractivity (Wildman–Crippen MR) is 113 cm³/mol. The Kier molecular flexibility index (Phi) is 4.62. The van der Waals surface area contributed by atoms with E-state index in [0.29, 0.717) is 29.0 Å². The first-order valence-corrected chi connectivity index (χ1v) is 10.2. The number of imidazole rings is 1. The fourth-order valence-corrected chi connectivity index (χ4v) is 4.85. The normalized spacial score (nSPS) is 28.0. The van der Waals surface area contributed by atoms with Crippen molar-refractivity contribution in [2.75, 3.05) is 19.4 Å². The van der Waals surface area contributed by atoms with E-state index in [1.807, 2.05) is 0 Å². The molecule has 4 N–H and O–H groups in total. The molecule has 5 rings (SSSR count). The minimum Gasteiger partial charge on any atom is -0.389 e. The zero-order valence-electron chi connectivity index (χ0n) is 17.4. The lowest BCUT2D eigenvalue weighted by Crippen LogP contribution is -2.41. The minimum absolute atomic E-state index is 0.189. The molecule has 2 heterocycles. The van der Waals surface area contributed by atoms with Crippen molar-refractivity contribution in [3.8, 4) is 11.8 Å². The topological polar surface area (TPSA) is 125 Å². The molecule has 10 heteroatoms. The van der Waals surface area contributed by atoms with Gasteiger partial charge in [0.25, 0.3) is 0 Å². The van der Waals surface area contributed by atoms with Crippen molar-refractivity contribution >= 4 is 22.9 Å². The van der Waals surface area contributed by atoms with E-state index in [9.17, 15) is 19.4 Å². The molecule has 164 valence electrons. The highest BCUT2D eigenvalue weighted by Gasteiger charge is 2.75. The first kappa shape index (κ1) is 20.4. The fourth-order valence-electron chi connectivity index (χ4n) is 4.85. The summed E-state index contributed by atoms with van der Waals surface area (Å²) in [7, 11) is 3.21. The van der Waals surface area contributed by atoms with Gasteiger partial charge in [-0.15, -0.1) is 0 Å². The molecular weight excluding hydrogens is 415 g/mol. The summed E-state index contributed by atoms with van der Waals surface area (Å²) in [6.07, 6.45) is -0.347. The number of hydrogen-bond acceptors (Lipinski definition) is 7. The van der Waals surface area contributed by atoms with Crippen LogP contribution < -0.4 is 10.6 Å². The smallest absolute Gasteiger partial charge is 0.229 e. The highest BCUT2D eigenvalue weighted by Crippen LogP contribution is 2.67. The Morgan fingerprint density at radius 3 is 2.81 bits per heavy atom. The molecule has 0 bridgehead atoms. The Morgan fingerprint density at radius 1 is 1.28 bits per heavy atom. The molecule has 5 atom stereocenters. The van der Waals surface area contributed by atoms with Crippen molar-refractivity contribution in [2.45, 2.75) is 24.7 Å². The molecule has 3 aromatic rings. The summed E-state index contributed by atoms with van der Waals surface area (Å²) in [4.78, 5) is 25.7. The van der Waals surface area contributed by atoms with E-state index < -0.39 is 23.7 Å². The molecule has 1 amide bonds. The second-order valence-corrected chi connectivity index (χ2v) is 8.09. The SMILES string of the molecule is CNC(=O)[C@@]12C[C@@H]1[C@@H](n1cnc3c(NC)nc(C#Cc4cccc(F)c4)nc31)[C@H](O)[C@@H]2O. The summed E-state index contributed by atoms with van der Waals surface area (Å²) in [5.41, 5.74) is 0.372. The van der Waals surface area contributed by atoms with Crippen LogP contribution in [-0.4, -0.2) is 61.9 Å². The predicted octanol–water partition coefficient (Wildman–Crippen LogP) is 0.436. The average molecular weight is 436 g/mol. The van der Waals surface area contributed by atoms with Crippen LogP contribution in [0.4, 0.5) is 10.2 Å². The number of aromatic nitrogens is 4. The molecule has 9 nitrogen and oxygen atoms in total. The second-order valence-electron chi connectivity index (χ2n) is 8.09. The fraction of sp³-hybridized carbons (Fsp3) is 0.364. The van der Waals surface area contributed by atoms with Crippen LogP contribution in [0.15, 0.2) is 30.6 Å². The van der Waals surface area contributed by atoms with E-state index in [1.54, 1.807) is 23.7 Å². The van der Waals surface area contributed by atoms with Gasteiger partial charge in [0, 0.05) is 25.6 Å². The molecule has 0 spiro atoms. The third kappa shape index (κ3) is 2.86. The number of benzene rings is 1. The van der Waals surface area contributed by atoms with Gasteiger partial charge in [0.05, 0.1) is 23.9 Å². The Balaban J connectivity index is 1.58. The van der Waals surface area contributed by atoms with Gasteiger partial charge in [0.2, 0.25) is 11.7 Å². The van der Waals surface area contributed by atoms with Crippen LogP contribution in [0.2, 0.25) is 0 Å². The summed E-state index contributed by atoms with van der Waals surface area (Å²) in [5.74, 6) is 5.40. The van der Waals surface area contributed by atoms with Gasteiger partial charge in [0.1, 0.15) is 11.9 Å². The lowest BCUT2D eigenvalue weighted by Gasteiger charge is -2.23. The van der Waals surface area contributed by atoms with Crippen LogP contribution in [0, 0.1) is 29.0 Å². The number of rotatable bonds is 3. The first-order valence-electron chi connectivity index (χ1n) is 10.2.